The van der Waals surface area contributed by atoms with Crippen molar-refractivity contribution >= 4 is 11.7 Å². The van der Waals surface area contributed by atoms with Gasteiger partial charge in [-0.3, -0.25) is 9.59 Å². The minimum Gasteiger partial charge on any atom is -0.328 e. The fourth-order valence-corrected chi connectivity index (χ4v) is 2.13. The fourth-order valence-electron chi connectivity index (χ4n) is 2.13. The van der Waals surface area contributed by atoms with Gasteiger partial charge in [0.05, 0.1) is 6.04 Å². The number of Topliss-reactive ketones (excluding diaryl/α,β-unsaturated/α-hetero) is 1. The number of carbonyl (C=O) groups is 2. The molecule has 0 spiro atoms. The number of amides is 1. The first-order valence-electron chi connectivity index (χ1n) is 5.52. The van der Waals surface area contributed by atoms with Gasteiger partial charge in [-0.15, -0.1) is 0 Å². The number of hydrogen-bond acceptors (Lipinski definition) is 2. The maximum Gasteiger partial charge on any atom is 0.223 e. The zero-order valence-corrected chi connectivity index (χ0v) is 9.35. The van der Waals surface area contributed by atoms with Crippen molar-refractivity contribution in [3.8, 4) is 0 Å². The van der Waals surface area contributed by atoms with E-state index in [2.05, 4.69) is 0 Å². The molecule has 1 aliphatic heterocycles. The first kappa shape index (κ1) is 10.9. The Morgan fingerprint density at radius 2 is 2.06 bits per heavy atom. The molecule has 1 aromatic rings. The SMILES string of the molecule is CC(=O)[C@H]1CCC(=O)N1Cc1ccccc1. The first-order valence-corrected chi connectivity index (χ1v) is 5.52. The average Bonchev–Trinajstić information content (AvgIpc) is 2.62. The third-order valence-electron chi connectivity index (χ3n) is 2.99. The Kier molecular flexibility index (Phi) is 3.04. The first-order chi connectivity index (χ1) is 7.68. The monoisotopic (exact) mass is 217 g/mol. The summed E-state index contributed by atoms with van der Waals surface area (Å²) < 4.78 is 0. The second kappa shape index (κ2) is 4.47. The van der Waals surface area contributed by atoms with Crippen LogP contribution in [-0.2, 0) is 16.1 Å². The van der Waals surface area contributed by atoms with Crippen molar-refractivity contribution in [2.45, 2.75) is 32.4 Å². The molecule has 1 saturated heterocycles. The second-order valence-electron chi connectivity index (χ2n) is 4.17. The number of carbonyl (C=O) groups excluding carboxylic acids is 2. The molecule has 0 aromatic heterocycles. The third-order valence-corrected chi connectivity index (χ3v) is 2.99. The largest absolute Gasteiger partial charge is 0.328 e. The number of benzene rings is 1. The van der Waals surface area contributed by atoms with Crippen LogP contribution >= 0.6 is 0 Å². The maximum atomic E-state index is 11.7. The molecule has 2 rings (SSSR count). The summed E-state index contributed by atoms with van der Waals surface area (Å²) in [4.78, 5) is 24.8. The average molecular weight is 217 g/mol. The van der Waals surface area contributed by atoms with E-state index in [0.29, 0.717) is 19.4 Å². The van der Waals surface area contributed by atoms with Crippen LogP contribution in [0.15, 0.2) is 30.3 Å². The molecule has 1 aliphatic rings. The standard InChI is InChI=1S/C13H15NO2/c1-10(15)12-7-8-13(16)14(12)9-11-5-3-2-4-6-11/h2-6,12H,7-9H2,1H3/t12-/m1/s1. The number of nitrogens with zero attached hydrogens (tertiary/aromatic N) is 1. The quantitative estimate of drug-likeness (QED) is 0.773. The molecule has 0 bridgehead atoms. The van der Waals surface area contributed by atoms with Gasteiger partial charge in [0.2, 0.25) is 5.91 Å². The molecule has 1 heterocycles. The summed E-state index contributed by atoms with van der Waals surface area (Å²) in [6, 6.07) is 9.56. The molecule has 1 atom stereocenters. The Morgan fingerprint density at radius 1 is 1.38 bits per heavy atom. The van der Waals surface area contributed by atoms with E-state index in [1.807, 2.05) is 30.3 Å². The lowest BCUT2D eigenvalue weighted by atomic mass is 10.1. The molecular formula is C13H15NO2. The van der Waals surface area contributed by atoms with Crippen LogP contribution in [0.2, 0.25) is 0 Å². The fraction of sp³-hybridized carbons (Fsp3) is 0.385. The molecular weight excluding hydrogens is 202 g/mol. The molecule has 3 nitrogen and oxygen atoms in total. The molecule has 0 radical (unpaired) electrons. The van der Waals surface area contributed by atoms with Crippen LogP contribution in [0.3, 0.4) is 0 Å². The highest BCUT2D eigenvalue weighted by Gasteiger charge is 2.33. The highest BCUT2D eigenvalue weighted by atomic mass is 16.2. The van der Waals surface area contributed by atoms with Gasteiger partial charge in [0, 0.05) is 13.0 Å². The van der Waals surface area contributed by atoms with E-state index in [0.717, 1.165) is 5.56 Å². The van der Waals surface area contributed by atoms with Gasteiger partial charge in [0.1, 0.15) is 0 Å². The van der Waals surface area contributed by atoms with E-state index in [1.165, 1.54) is 0 Å². The van der Waals surface area contributed by atoms with Crippen LogP contribution < -0.4 is 0 Å². The molecule has 0 saturated carbocycles. The van der Waals surface area contributed by atoms with Crippen molar-refractivity contribution in [2.75, 3.05) is 0 Å². The Morgan fingerprint density at radius 3 is 2.69 bits per heavy atom. The summed E-state index contributed by atoms with van der Waals surface area (Å²) in [6.07, 6.45) is 1.16. The van der Waals surface area contributed by atoms with E-state index in [9.17, 15) is 9.59 Å². The van der Waals surface area contributed by atoms with Gasteiger partial charge < -0.3 is 4.90 Å². The Labute approximate surface area is 95.1 Å². The van der Waals surface area contributed by atoms with Crippen molar-refractivity contribution in [2.24, 2.45) is 0 Å². The normalized spacial score (nSPS) is 20.2. The van der Waals surface area contributed by atoms with E-state index in [1.54, 1.807) is 11.8 Å². The van der Waals surface area contributed by atoms with Crippen molar-refractivity contribution < 1.29 is 9.59 Å². The van der Waals surface area contributed by atoms with Crippen molar-refractivity contribution in [1.29, 1.82) is 0 Å². The molecule has 0 N–H and O–H groups in total. The lowest BCUT2D eigenvalue weighted by Gasteiger charge is -2.22. The molecule has 1 amide bonds. The van der Waals surface area contributed by atoms with Crippen LogP contribution in [0, 0.1) is 0 Å². The highest BCUT2D eigenvalue weighted by Crippen LogP contribution is 2.21. The van der Waals surface area contributed by atoms with E-state index >= 15 is 0 Å². The van der Waals surface area contributed by atoms with E-state index in [-0.39, 0.29) is 17.7 Å². The lowest BCUT2D eigenvalue weighted by Crippen LogP contribution is -2.36. The Balaban J connectivity index is 2.13. The minimum absolute atomic E-state index is 0.0850. The van der Waals surface area contributed by atoms with Crippen LogP contribution in [0.1, 0.15) is 25.3 Å². The van der Waals surface area contributed by atoms with Crippen LogP contribution in [0.25, 0.3) is 0 Å². The van der Waals surface area contributed by atoms with E-state index in [4.69, 9.17) is 0 Å². The predicted octanol–water partition coefficient (Wildman–Crippen LogP) is 1.77. The molecule has 3 heteroatoms. The summed E-state index contributed by atoms with van der Waals surface area (Å²) in [5.74, 6) is 0.172. The van der Waals surface area contributed by atoms with Gasteiger partial charge in [0.25, 0.3) is 0 Å². The Bertz CT molecular complexity index is 400. The summed E-state index contributed by atoms with van der Waals surface area (Å²) >= 11 is 0. The zero-order valence-electron chi connectivity index (χ0n) is 9.35. The topological polar surface area (TPSA) is 37.4 Å². The van der Waals surface area contributed by atoms with Crippen LogP contribution in [0.4, 0.5) is 0 Å². The van der Waals surface area contributed by atoms with E-state index < -0.39 is 0 Å². The number of likely N-dealkylation sites (tertiary alicyclic amines) is 1. The number of rotatable bonds is 3. The van der Waals surface area contributed by atoms with Crippen molar-refractivity contribution in [3.63, 3.8) is 0 Å². The number of hydrogen-bond donors (Lipinski definition) is 0. The second-order valence-corrected chi connectivity index (χ2v) is 4.17. The van der Waals surface area contributed by atoms with Crippen molar-refractivity contribution in [1.82, 2.24) is 4.90 Å². The van der Waals surface area contributed by atoms with Gasteiger partial charge in [-0.1, -0.05) is 30.3 Å². The highest BCUT2D eigenvalue weighted by molar-refractivity contribution is 5.90. The van der Waals surface area contributed by atoms with Gasteiger partial charge in [-0.25, -0.2) is 0 Å². The van der Waals surface area contributed by atoms with Gasteiger partial charge in [-0.2, -0.15) is 0 Å². The molecule has 1 fully saturated rings. The van der Waals surface area contributed by atoms with Crippen LogP contribution in [0.5, 0.6) is 0 Å². The van der Waals surface area contributed by atoms with Gasteiger partial charge in [0.15, 0.2) is 5.78 Å². The predicted molar refractivity (Wildman–Crippen MR) is 60.7 cm³/mol. The third kappa shape index (κ3) is 2.13. The molecule has 0 unspecified atom stereocenters. The molecule has 1 aromatic carbocycles. The van der Waals surface area contributed by atoms with Crippen LogP contribution in [-0.4, -0.2) is 22.6 Å². The zero-order chi connectivity index (χ0) is 11.5. The van der Waals surface area contributed by atoms with Gasteiger partial charge in [-0.05, 0) is 18.9 Å². The lowest BCUT2D eigenvalue weighted by molar-refractivity contribution is -0.134. The van der Waals surface area contributed by atoms with Gasteiger partial charge >= 0.3 is 0 Å². The Hall–Kier alpha value is -1.64. The summed E-state index contributed by atoms with van der Waals surface area (Å²) in [7, 11) is 0. The number of ketones is 1. The van der Waals surface area contributed by atoms with Crippen molar-refractivity contribution in [3.05, 3.63) is 35.9 Å². The molecule has 0 aliphatic carbocycles. The summed E-state index contributed by atoms with van der Waals surface area (Å²) in [5, 5.41) is 0. The smallest absolute Gasteiger partial charge is 0.223 e. The molecule has 84 valence electrons. The maximum absolute atomic E-state index is 11.7. The molecule has 16 heavy (non-hydrogen) atoms. The summed E-state index contributed by atoms with van der Waals surface area (Å²) in [5.41, 5.74) is 1.07. The minimum atomic E-state index is -0.215. The summed E-state index contributed by atoms with van der Waals surface area (Å²) in [6.45, 7) is 2.10.